The van der Waals surface area contributed by atoms with Crippen molar-refractivity contribution in [3.8, 4) is 22.6 Å². The molecule has 7 rings (SSSR count). The molecule has 0 atom stereocenters. The summed E-state index contributed by atoms with van der Waals surface area (Å²) in [5.74, 6) is -1.49. The molecule has 0 radical (unpaired) electrons. The van der Waals surface area contributed by atoms with Crippen LogP contribution in [0.2, 0.25) is 0 Å². The van der Waals surface area contributed by atoms with Gasteiger partial charge in [0, 0.05) is 22.5 Å². The first-order valence-corrected chi connectivity index (χ1v) is 21.7. The van der Waals surface area contributed by atoms with Gasteiger partial charge in [0.15, 0.2) is 5.75 Å². The Balaban J connectivity index is 0.00000317. The molecule has 0 aliphatic rings. The lowest BCUT2D eigenvalue weighted by atomic mass is 10.0. The Kier molecular flexibility index (Phi) is 11.2. The van der Waals surface area contributed by atoms with Crippen molar-refractivity contribution >= 4 is 103 Å². The fourth-order valence-corrected chi connectivity index (χ4v) is 8.03. The Morgan fingerprint density at radius 3 is 1.54 bits per heavy atom. The molecule has 0 amide bonds. The number of nitro groups is 1. The third-order valence-electron chi connectivity index (χ3n) is 9.16. The molecule has 63 heavy (non-hydrogen) atoms. The number of aromatic hydroxyl groups is 2. The number of anilines is 2. The van der Waals surface area contributed by atoms with E-state index in [9.17, 15) is 59.2 Å². The van der Waals surface area contributed by atoms with Gasteiger partial charge in [-0.1, -0.05) is 30.3 Å². The number of phenols is 2. The molecular formula is C38H32N9O13S3-. The lowest BCUT2D eigenvalue weighted by Crippen LogP contribution is -2.04. The van der Waals surface area contributed by atoms with Crippen molar-refractivity contribution in [3.05, 3.63) is 119 Å². The van der Waals surface area contributed by atoms with Crippen LogP contribution in [-0.4, -0.2) is 54.0 Å². The maximum Gasteiger partial charge on any atom is 0.296 e. The molecule has 0 aromatic heterocycles. The predicted octanol–water partition coefficient (Wildman–Crippen LogP) is 9.53. The summed E-state index contributed by atoms with van der Waals surface area (Å²) in [6.07, 6.45) is 0. The van der Waals surface area contributed by atoms with E-state index in [2.05, 4.69) is 30.7 Å². The van der Waals surface area contributed by atoms with Gasteiger partial charge in [0.2, 0.25) is 0 Å². The zero-order valence-electron chi connectivity index (χ0n) is 31.4. The summed E-state index contributed by atoms with van der Waals surface area (Å²) in [7, 11) is -15.2. The smallest absolute Gasteiger partial charge is 0.296 e. The van der Waals surface area contributed by atoms with Crippen molar-refractivity contribution in [2.24, 2.45) is 30.7 Å². The van der Waals surface area contributed by atoms with Crippen molar-refractivity contribution in [3.63, 3.8) is 0 Å². The van der Waals surface area contributed by atoms with Gasteiger partial charge in [0.25, 0.3) is 25.9 Å². The van der Waals surface area contributed by atoms with Crippen LogP contribution in [0, 0.1) is 10.1 Å². The van der Waals surface area contributed by atoms with Crippen LogP contribution in [0.4, 0.5) is 51.2 Å². The first-order valence-electron chi connectivity index (χ1n) is 17.4. The second-order valence-electron chi connectivity index (χ2n) is 13.2. The number of nitro benzene ring substituents is 1. The molecule has 0 heterocycles. The molecule has 7 aromatic carbocycles. The van der Waals surface area contributed by atoms with Gasteiger partial charge in [0.1, 0.15) is 37.8 Å². The Bertz CT molecular complexity index is 3500. The van der Waals surface area contributed by atoms with Crippen molar-refractivity contribution < 1.29 is 58.3 Å². The van der Waals surface area contributed by atoms with Gasteiger partial charge in [-0.3, -0.25) is 19.2 Å². The highest BCUT2D eigenvalue weighted by atomic mass is 32.2. The quantitative estimate of drug-likeness (QED) is 0.0231. The van der Waals surface area contributed by atoms with E-state index in [-0.39, 0.29) is 43.5 Å². The Hall–Kier alpha value is -7.81. The van der Waals surface area contributed by atoms with Crippen LogP contribution in [0.5, 0.6) is 11.5 Å². The monoisotopic (exact) mass is 918 g/mol. The van der Waals surface area contributed by atoms with Gasteiger partial charge in [-0.25, -0.2) is 8.42 Å². The number of hydrogen-bond acceptors (Lipinski definition) is 19. The minimum absolute atomic E-state index is 0. The molecule has 7 aromatic rings. The summed E-state index contributed by atoms with van der Waals surface area (Å²) in [6, 6.07) is 23.7. The number of phenolic OH excluding ortho intramolecular Hbond substituents is 2. The summed E-state index contributed by atoms with van der Waals surface area (Å²) in [5.41, 5.74) is 11.8. The second-order valence-corrected chi connectivity index (χ2v) is 17.4. The number of azo groups is 3. The number of nitrogen functional groups attached to an aromatic ring is 2. The van der Waals surface area contributed by atoms with E-state index in [1.807, 2.05) is 0 Å². The van der Waals surface area contributed by atoms with E-state index in [1.165, 1.54) is 36.4 Å². The van der Waals surface area contributed by atoms with E-state index in [0.717, 1.165) is 30.3 Å². The first kappa shape index (κ1) is 43.3. The number of rotatable bonds is 11. The number of nitrogens with two attached hydrogens (primary N) is 2. The van der Waals surface area contributed by atoms with E-state index >= 15 is 0 Å². The maximum atomic E-state index is 12.5. The molecule has 326 valence electrons. The van der Waals surface area contributed by atoms with E-state index in [4.69, 9.17) is 11.5 Å². The van der Waals surface area contributed by atoms with Crippen LogP contribution in [0.15, 0.2) is 155 Å². The topological polar surface area (TPSA) is 376 Å². The zero-order valence-corrected chi connectivity index (χ0v) is 33.8. The lowest BCUT2D eigenvalue weighted by Gasteiger charge is -2.16. The molecule has 0 unspecified atom stereocenters. The van der Waals surface area contributed by atoms with Gasteiger partial charge in [0.05, 0.1) is 53.9 Å². The average Bonchev–Trinajstić information content (AvgIpc) is 3.22. The Labute approximate surface area is 359 Å². The summed E-state index contributed by atoms with van der Waals surface area (Å²) >= 11 is 0. The highest BCUT2D eigenvalue weighted by molar-refractivity contribution is 7.86. The van der Waals surface area contributed by atoms with Crippen molar-refractivity contribution in [1.29, 1.82) is 0 Å². The highest BCUT2D eigenvalue weighted by Crippen LogP contribution is 2.48. The molecule has 8 N–H and O–H groups in total. The summed E-state index contributed by atoms with van der Waals surface area (Å²) in [5, 5.41) is 56.1. The zero-order chi connectivity index (χ0) is 45.6. The predicted molar refractivity (Wildman–Crippen MR) is 231 cm³/mol. The summed E-state index contributed by atoms with van der Waals surface area (Å²) in [4.78, 5) is 7.71. The average molecular weight is 919 g/mol. The molecule has 0 aliphatic carbocycles. The van der Waals surface area contributed by atoms with Gasteiger partial charge >= 0.3 is 0 Å². The number of non-ortho nitro benzene ring substituents is 1. The summed E-state index contributed by atoms with van der Waals surface area (Å²) in [6.45, 7) is 0. The van der Waals surface area contributed by atoms with E-state index < -0.39 is 89.3 Å². The lowest BCUT2D eigenvalue weighted by molar-refractivity contribution is -0.384. The third kappa shape index (κ3) is 8.98. The standard InChI is InChI=1S/C38H27N9O13S3.3H2/c39-28-14-5-21-15-27(61(52,53)54)18-29(48)32(21)35(28)44-41-23-6-1-19(2-7-23)20-3-8-24(9-4-20)43-46-37-31(63(58,59)60)17-22-16-30(62(55,56)57)36(34(40)33(22)38(37)49)45-42-25-10-12-26(13-11-25)47(50)51;;;/h1-18,48-49H,39-40H2,(H,52,53,54)(H,55,56,57)(H,58,59,60);3*1H/p-1. The van der Waals surface area contributed by atoms with Gasteiger partial charge < -0.3 is 26.2 Å². The van der Waals surface area contributed by atoms with Crippen molar-refractivity contribution in [1.82, 2.24) is 0 Å². The van der Waals surface area contributed by atoms with Crippen LogP contribution in [0.3, 0.4) is 0 Å². The van der Waals surface area contributed by atoms with Crippen molar-refractivity contribution in [2.45, 2.75) is 14.7 Å². The maximum absolute atomic E-state index is 12.5. The largest absolute Gasteiger partial charge is 0.744 e. The van der Waals surface area contributed by atoms with Gasteiger partial charge in [-0.15, -0.1) is 15.3 Å². The van der Waals surface area contributed by atoms with Crippen LogP contribution < -0.4 is 11.5 Å². The van der Waals surface area contributed by atoms with Crippen LogP contribution in [-0.2, 0) is 30.4 Å². The fourth-order valence-electron chi connectivity index (χ4n) is 6.17. The van der Waals surface area contributed by atoms with Gasteiger partial charge in [-0.05, 0) is 82.6 Å². The Morgan fingerprint density at radius 1 is 0.556 bits per heavy atom. The number of benzene rings is 7. The number of hydrogen-bond donors (Lipinski definition) is 6. The van der Waals surface area contributed by atoms with Crippen LogP contribution in [0.25, 0.3) is 32.7 Å². The number of nitrogens with zero attached hydrogens (tertiary/aromatic N) is 7. The molecular weight excluding hydrogens is 887 g/mol. The van der Waals surface area contributed by atoms with E-state index in [1.54, 1.807) is 36.4 Å². The summed E-state index contributed by atoms with van der Waals surface area (Å²) < 4.78 is 104. The molecule has 0 saturated carbocycles. The van der Waals surface area contributed by atoms with Gasteiger partial charge in [-0.2, -0.15) is 32.2 Å². The van der Waals surface area contributed by atoms with Crippen LogP contribution in [0.1, 0.15) is 4.28 Å². The molecule has 0 aliphatic heterocycles. The molecule has 0 spiro atoms. The highest BCUT2D eigenvalue weighted by Gasteiger charge is 2.27. The normalized spacial score (nSPS) is 12.6. The minimum Gasteiger partial charge on any atom is -0.744 e. The molecule has 25 heteroatoms. The molecule has 0 saturated heterocycles. The van der Waals surface area contributed by atoms with Crippen LogP contribution >= 0.6 is 0 Å². The molecule has 22 nitrogen and oxygen atoms in total. The fraction of sp³-hybridized carbons (Fsp3) is 0. The SMILES string of the molecule is Nc1ccc2cc(S(=O)(=O)O)cc(O)c2c1N=Nc1ccc(-c2ccc(N=Nc3c(S(=O)(=O)O)cc4cc(S(=O)(=O)[O-])c(N=Nc5ccc([N+](=O)[O-])cc5)c(N)c4c3O)cc2)cc1.[HH].[HH].[HH]. The minimum atomic E-state index is -5.39. The number of fused-ring (bicyclic) bond motifs is 2. The third-order valence-corrected chi connectivity index (χ3v) is 11.7. The Morgan fingerprint density at radius 2 is 1.05 bits per heavy atom. The van der Waals surface area contributed by atoms with Crippen molar-refractivity contribution in [2.75, 3.05) is 11.5 Å². The first-order chi connectivity index (χ1) is 29.6. The second kappa shape index (κ2) is 16.2. The van der Waals surface area contributed by atoms with E-state index in [0.29, 0.717) is 22.9 Å². The molecule has 0 bridgehead atoms. The molecule has 0 fully saturated rings.